The second kappa shape index (κ2) is 11.2. The molecule has 0 radical (unpaired) electrons. The first-order valence-corrected chi connectivity index (χ1v) is 10.8. The Balaban J connectivity index is 0.00000261. The van der Waals surface area contributed by atoms with E-state index < -0.39 is 5.66 Å². The summed E-state index contributed by atoms with van der Waals surface area (Å²) in [7, 11) is 0. The first-order valence-electron chi connectivity index (χ1n) is 10.8. The molecule has 0 bridgehead atoms. The highest BCUT2D eigenvalue weighted by molar-refractivity contribution is 8.93. The molecule has 2 saturated carbocycles. The van der Waals surface area contributed by atoms with Crippen LogP contribution in [0.1, 0.15) is 96.3 Å². The molecular formula is C20H38BrN5O. The molecule has 7 heteroatoms. The van der Waals surface area contributed by atoms with Crippen molar-refractivity contribution >= 4 is 28.9 Å². The van der Waals surface area contributed by atoms with Gasteiger partial charge >= 0.3 is 0 Å². The van der Waals surface area contributed by atoms with Crippen LogP contribution in [-0.2, 0) is 4.84 Å². The van der Waals surface area contributed by atoms with Crippen LogP contribution in [0.2, 0.25) is 0 Å². The van der Waals surface area contributed by atoms with E-state index in [-0.39, 0.29) is 22.9 Å². The molecule has 1 heterocycles. The summed E-state index contributed by atoms with van der Waals surface area (Å²) < 4.78 is 0. The number of hydrogen-bond acceptors (Lipinski definition) is 6. The highest BCUT2D eigenvalue weighted by Gasteiger charge is 2.42. The lowest BCUT2D eigenvalue weighted by atomic mass is 9.85. The van der Waals surface area contributed by atoms with Crippen LogP contribution in [-0.4, -0.2) is 29.3 Å². The van der Waals surface area contributed by atoms with Crippen LogP contribution >= 0.6 is 17.0 Å². The van der Waals surface area contributed by atoms with Crippen LogP contribution in [0, 0.1) is 5.92 Å². The molecule has 0 aromatic carbocycles. The third-order valence-electron chi connectivity index (χ3n) is 6.24. The summed E-state index contributed by atoms with van der Waals surface area (Å²) in [4.78, 5) is 14.8. The zero-order valence-corrected chi connectivity index (χ0v) is 18.4. The van der Waals surface area contributed by atoms with Crippen molar-refractivity contribution in [3.8, 4) is 0 Å². The predicted octanol–water partition coefficient (Wildman–Crippen LogP) is 4.63. The third kappa shape index (κ3) is 6.34. The maximum atomic E-state index is 6.11. The monoisotopic (exact) mass is 443 g/mol. The molecule has 0 atom stereocenters. The zero-order chi connectivity index (χ0) is 18.2. The number of hydroxylamine groups is 2. The van der Waals surface area contributed by atoms with Crippen LogP contribution < -0.4 is 11.5 Å². The zero-order valence-electron chi connectivity index (χ0n) is 16.7. The number of unbranched alkanes of at least 4 members (excludes halogenated alkanes) is 3. The minimum atomic E-state index is -0.421. The maximum Gasteiger partial charge on any atom is 0.226 e. The number of nitrogens with zero attached hydrogens (tertiary/aromatic N) is 3. The fourth-order valence-electron chi connectivity index (χ4n) is 4.80. The van der Waals surface area contributed by atoms with Crippen LogP contribution in [0.5, 0.6) is 0 Å². The van der Waals surface area contributed by atoms with E-state index in [2.05, 4.69) is 9.98 Å². The molecule has 0 aromatic rings. The molecule has 0 saturated heterocycles. The lowest BCUT2D eigenvalue weighted by Gasteiger charge is -2.44. The molecule has 3 aliphatic rings. The van der Waals surface area contributed by atoms with Gasteiger partial charge < -0.3 is 11.5 Å². The Kier molecular flexibility index (Phi) is 9.36. The van der Waals surface area contributed by atoms with Gasteiger partial charge in [0.2, 0.25) is 11.9 Å². The quantitative estimate of drug-likeness (QED) is 0.534. The number of aliphatic imine (C=N–C) groups is 2. The summed E-state index contributed by atoms with van der Waals surface area (Å²) in [6.07, 6.45) is 19.0. The van der Waals surface area contributed by atoms with E-state index in [0.29, 0.717) is 12.6 Å². The Morgan fingerprint density at radius 1 is 0.926 bits per heavy atom. The standard InChI is InChI=1S/C20H37N5O.BrH/c21-18-23-19(22)25(20(24-18)14-8-4-9-15-20)26-16-10-2-1-5-11-17-12-6-3-7-13-17;/h17H,1-16H2,(H4,21,22,23,24);1H. The number of rotatable bonds is 8. The van der Waals surface area contributed by atoms with Crippen molar-refractivity contribution in [1.82, 2.24) is 5.06 Å². The van der Waals surface area contributed by atoms with Crippen LogP contribution in [0.3, 0.4) is 0 Å². The highest BCUT2D eigenvalue weighted by atomic mass is 79.9. The summed E-state index contributed by atoms with van der Waals surface area (Å²) >= 11 is 0. The van der Waals surface area contributed by atoms with Crippen LogP contribution in [0.25, 0.3) is 0 Å². The Hall–Kier alpha value is -0.820. The second-order valence-corrected chi connectivity index (χ2v) is 8.32. The van der Waals surface area contributed by atoms with Crippen molar-refractivity contribution in [3.63, 3.8) is 0 Å². The first kappa shape index (κ1) is 22.5. The molecule has 0 amide bonds. The average molecular weight is 444 g/mol. The van der Waals surface area contributed by atoms with Crippen molar-refractivity contribution in [3.05, 3.63) is 0 Å². The molecule has 2 aliphatic carbocycles. The van der Waals surface area contributed by atoms with Gasteiger partial charge in [0, 0.05) is 0 Å². The van der Waals surface area contributed by atoms with Gasteiger partial charge in [0.15, 0.2) is 5.66 Å². The molecule has 6 nitrogen and oxygen atoms in total. The Morgan fingerprint density at radius 2 is 1.59 bits per heavy atom. The van der Waals surface area contributed by atoms with E-state index >= 15 is 0 Å². The third-order valence-corrected chi connectivity index (χ3v) is 6.24. The van der Waals surface area contributed by atoms with Gasteiger partial charge in [0.25, 0.3) is 0 Å². The first-order chi connectivity index (χ1) is 12.7. The molecular weight excluding hydrogens is 406 g/mol. The highest BCUT2D eigenvalue weighted by Crippen LogP contribution is 2.36. The summed E-state index contributed by atoms with van der Waals surface area (Å²) in [5, 5.41) is 1.75. The van der Waals surface area contributed by atoms with E-state index in [1.807, 2.05) is 0 Å². The number of halogens is 1. The van der Waals surface area contributed by atoms with Gasteiger partial charge in [-0.05, 0) is 38.0 Å². The van der Waals surface area contributed by atoms with Crippen molar-refractivity contribution in [2.45, 2.75) is 102 Å². The van der Waals surface area contributed by atoms with E-state index in [4.69, 9.17) is 16.3 Å². The van der Waals surface area contributed by atoms with Gasteiger partial charge in [-0.15, -0.1) is 17.0 Å². The lowest BCUT2D eigenvalue weighted by Crippen LogP contribution is -2.57. The van der Waals surface area contributed by atoms with Gasteiger partial charge in [-0.2, -0.15) is 10.1 Å². The molecule has 1 spiro atoms. The Labute approximate surface area is 174 Å². The minimum absolute atomic E-state index is 0. The normalized spacial score (nSPS) is 22.9. The van der Waals surface area contributed by atoms with Crippen molar-refractivity contribution in [1.29, 1.82) is 0 Å². The van der Waals surface area contributed by atoms with E-state index in [9.17, 15) is 0 Å². The molecule has 1 aliphatic heterocycles. The fraction of sp³-hybridized carbons (Fsp3) is 0.900. The fourth-order valence-corrected chi connectivity index (χ4v) is 4.80. The molecule has 0 aromatic heterocycles. The molecule has 27 heavy (non-hydrogen) atoms. The topological polar surface area (TPSA) is 89.2 Å². The molecule has 156 valence electrons. The molecule has 2 fully saturated rings. The number of nitrogens with two attached hydrogens (primary N) is 2. The summed E-state index contributed by atoms with van der Waals surface area (Å²) in [6, 6.07) is 0. The lowest BCUT2D eigenvalue weighted by molar-refractivity contribution is -0.177. The molecule has 4 N–H and O–H groups in total. The largest absolute Gasteiger partial charge is 0.368 e. The predicted molar refractivity (Wildman–Crippen MR) is 117 cm³/mol. The van der Waals surface area contributed by atoms with E-state index in [1.165, 1.54) is 64.2 Å². The van der Waals surface area contributed by atoms with Gasteiger partial charge in [-0.3, -0.25) is 4.84 Å². The Morgan fingerprint density at radius 3 is 2.33 bits per heavy atom. The summed E-state index contributed by atoms with van der Waals surface area (Å²) in [5.74, 6) is 1.64. The Bertz CT molecular complexity index is 499. The average Bonchev–Trinajstić information content (AvgIpc) is 2.64. The summed E-state index contributed by atoms with van der Waals surface area (Å²) in [6.45, 7) is 0.677. The number of guanidine groups is 2. The van der Waals surface area contributed by atoms with Gasteiger partial charge in [-0.25, -0.2) is 4.99 Å². The smallest absolute Gasteiger partial charge is 0.226 e. The van der Waals surface area contributed by atoms with Gasteiger partial charge in [0.05, 0.1) is 6.61 Å². The van der Waals surface area contributed by atoms with Crippen molar-refractivity contribution in [2.24, 2.45) is 27.4 Å². The van der Waals surface area contributed by atoms with Gasteiger partial charge in [-0.1, -0.05) is 64.2 Å². The van der Waals surface area contributed by atoms with Crippen molar-refractivity contribution in [2.75, 3.05) is 6.61 Å². The van der Waals surface area contributed by atoms with E-state index in [1.54, 1.807) is 5.06 Å². The SMILES string of the molecule is Br.NC1=NC2(CCCCC2)N(OCCCCCCC2CCCCC2)C(N)=N1. The maximum absolute atomic E-state index is 6.11. The van der Waals surface area contributed by atoms with Crippen LogP contribution in [0.4, 0.5) is 0 Å². The van der Waals surface area contributed by atoms with Crippen LogP contribution in [0.15, 0.2) is 9.98 Å². The van der Waals surface area contributed by atoms with E-state index in [0.717, 1.165) is 38.0 Å². The minimum Gasteiger partial charge on any atom is -0.368 e. The number of hydrogen-bond donors (Lipinski definition) is 2. The van der Waals surface area contributed by atoms with Gasteiger partial charge in [0.1, 0.15) is 0 Å². The summed E-state index contributed by atoms with van der Waals surface area (Å²) in [5.41, 5.74) is 11.6. The second-order valence-electron chi connectivity index (χ2n) is 8.32. The van der Waals surface area contributed by atoms with Crippen molar-refractivity contribution < 1.29 is 4.84 Å². The molecule has 0 unspecified atom stereocenters. The molecule has 3 rings (SSSR count).